The smallest absolute Gasteiger partial charge is 0.209 e. The number of aromatic nitrogens is 3. The Morgan fingerprint density at radius 1 is 1.26 bits per heavy atom. The highest BCUT2D eigenvalue weighted by Gasteiger charge is 2.12. The van der Waals surface area contributed by atoms with Crippen molar-refractivity contribution >= 4 is 23.4 Å². The largest absolute Gasteiger partial charge is 0.453 e. The van der Waals surface area contributed by atoms with Crippen LogP contribution in [0.25, 0.3) is 22.9 Å². The number of halogens is 1. The molecule has 0 atom stereocenters. The molecule has 8 heteroatoms. The quantitative estimate of drug-likeness (QED) is 0.483. The van der Waals surface area contributed by atoms with Gasteiger partial charge < -0.3 is 14.6 Å². The summed E-state index contributed by atoms with van der Waals surface area (Å²) in [6.07, 6.45) is -1.40. The number of rotatable bonds is 5. The molecule has 1 aromatic carbocycles. The highest BCUT2D eigenvalue weighted by atomic mass is 35.5. The zero-order valence-corrected chi connectivity index (χ0v) is 13.7. The summed E-state index contributed by atoms with van der Waals surface area (Å²) in [5.74, 6) is 1.84. The average molecular weight is 352 g/mol. The van der Waals surface area contributed by atoms with Gasteiger partial charge in [0, 0.05) is 10.6 Å². The molecule has 0 unspecified atom stereocenters. The number of furan rings is 1. The molecule has 0 aliphatic carbocycles. The van der Waals surface area contributed by atoms with Crippen LogP contribution >= 0.6 is 23.4 Å². The third-order valence-electron chi connectivity index (χ3n) is 3.11. The summed E-state index contributed by atoms with van der Waals surface area (Å²) in [4.78, 5) is 4.25. The lowest BCUT2D eigenvalue weighted by Gasteiger charge is -2.01. The van der Waals surface area contributed by atoms with Crippen LogP contribution in [-0.4, -0.2) is 37.4 Å². The van der Waals surface area contributed by atoms with Gasteiger partial charge in [0.1, 0.15) is 5.76 Å². The normalized spacial score (nSPS) is 11.3. The maximum atomic E-state index is 8.85. The van der Waals surface area contributed by atoms with E-state index < -0.39 is 6.29 Å². The monoisotopic (exact) mass is 351 g/mol. The number of nitrogens with zero attached hydrogens (tertiary/aromatic N) is 2. The second-order valence-corrected chi connectivity index (χ2v) is 6.28. The van der Waals surface area contributed by atoms with Crippen LogP contribution in [0.1, 0.15) is 5.56 Å². The Balaban J connectivity index is 1.80. The van der Waals surface area contributed by atoms with E-state index in [4.69, 9.17) is 26.2 Å². The standard InChI is InChI=1S/C15H14ClN3O3S/c1-8-6-9(2-3-10(8)16)11-4-5-12(22-11)14-17-15(19-18-14)23-7-13(20)21/h2-6,13,20-21H,7H2,1H3,(H,17,18,19). The average Bonchev–Trinajstić information content (AvgIpc) is 3.16. The van der Waals surface area contributed by atoms with Crippen LogP contribution in [0.15, 0.2) is 39.9 Å². The minimum atomic E-state index is -1.40. The zero-order chi connectivity index (χ0) is 16.4. The summed E-state index contributed by atoms with van der Waals surface area (Å²) in [6, 6.07) is 9.33. The summed E-state index contributed by atoms with van der Waals surface area (Å²) >= 11 is 7.17. The number of H-pyrrole nitrogens is 1. The van der Waals surface area contributed by atoms with E-state index in [-0.39, 0.29) is 5.75 Å². The van der Waals surface area contributed by atoms with E-state index in [1.807, 2.05) is 31.2 Å². The van der Waals surface area contributed by atoms with Crippen LogP contribution in [0.4, 0.5) is 0 Å². The van der Waals surface area contributed by atoms with Crippen LogP contribution in [-0.2, 0) is 0 Å². The van der Waals surface area contributed by atoms with Crippen LogP contribution in [0.3, 0.4) is 0 Å². The summed E-state index contributed by atoms with van der Waals surface area (Å²) in [7, 11) is 0. The molecule has 0 radical (unpaired) electrons. The number of aromatic amines is 1. The Morgan fingerprint density at radius 3 is 2.78 bits per heavy atom. The maximum Gasteiger partial charge on any atom is 0.209 e. The van der Waals surface area contributed by atoms with Gasteiger partial charge in [-0.3, -0.25) is 5.10 Å². The van der Waals surface area contributed by atoms with E-state index in [1.54, 1.807) is 6.07 Å². The molecule has 0 aliphatic rings. The molecular formula is C15H14ClN3O3S. The number of benzene rings is 1. The van der Waals surface area contributed by atoms with Crippen molar-refractivity contribution in [2.45, 2.75) is 18.4 Å². The van der Waals surface area contributed by atoms with Crippen molar-refractivity contribution < 1.29 is 14.6 Å². The van der Waals surface area contributed by atoms with Gasteiger partial charge >= 0.3 is 0 Å². The molecule has 0 saturated carbocycles. The fourth-order valence-electron chi connectivity index (χ4n) is 1.99. The van der Waals surface area contributed by atoms with Crippen molar-refractivity contribution in [2.75, 3.05) is 5.75 Å². The summed E-state index contributed by atoms with van der Waals surface area (Å²) in [5, 5.41) is 25.6. The van der Waals surface area contributed by atoms with Crippen LogP contribution in [0.2, 0.25) is 5.02 Å². The Morgan fingerprint density at radius 2 is 2.04 bits per heavy atom. The molecule has 0 fully saturated rings. The third kappa shape index (κ3) is 3.76. The Kier molecular flexibility index (Phi) is 4.72. The van der Waals surface area contributed by atoms with Crippen molar-refractivity contribution in [3.63, 3.8) is 0 Å². The van der Waals surface area contributed by atoms with Gasteiger partial charge in [-0.05, 0) is 42.8 Å². The SMILES string of the molecule is Cc1cc(-c2ccc(-c3nc(SCC(O)O)n[nH]3)o2)ccc1Cl. The molecule has 0 spiro atoms. The molecule has 3 aromatic rings. The molecule has 3 rings (SSSR count). The Bertz CT molecular complexity index is 816. The van der Waals surface area contributed by atoms with Crippen molar-refractivity contribution in [2.24, 2.45) is 0 Å². The second kappa shape index (κ2) is 6.76. The molecule has 2 aromatic heterocycles. The van der Waals surface area contributed by atoms with Crippen molar-refractivity contribution in [1.29, 1.82) is 0 Å². The highest BCUT2D eigenvalue weighted by Crippen LogP contribution is 2.29. The first kappa shape index (κ1) is 16.1. The number of thioether (sulfide) groups is 1. The maximum absolute atomic E-state index is 8.85. The molecule has 0 saturated heterocycles. The zero-order valence-electron chi connectivity index (χ0n) is 12.2. The number of hydrogen-bond acceptors (Lipinski definition) is 6. The molecule has 0 bridgehead atoms. The van der Waals surface area contributed by atoms with Crippen molar-refractivity contribution in [3.05, 3.63) is 40.9 Å². The Labute approximate surface area is 141 Å². The van der Waals surface area contributed by atoms with Gasteiger partial charge in [0.2, 0.25) is 5.16 Å². The first-order chi connectivity index (χ1) is 11.0. The van der Waals surface area contributed by atoms with Gasteiger partial charge in [-0.2, -0.15) is 4.98 Å². The van der Waals surface area contributed by atoms with E-state index in [0.717, 1.165) is 22.9 Å². The van der Waals surface area contributed by atoms with Crippen LogP contribution < -0.4 is 0 Å². The van der Waals surface area contributed by atoms with Crippen LogP contribution in [0.5, 0.6) is 0 Å². The number of aliphatic hydroxyl groups is 2. The van der Waals surface area contributed by atoms with Crippen molar-refractivity contribution in [1.82, 2.24) is 15.2 Å². The van der Waals surface area contributed by atoms with E-state index in [0.29, 0.717) is 27.5 Å². The van der Waals surface area contributed by atoms with E-state index in [9.17, 15) is 0 Å². The fourth-order valence-corrected chi connectivity index (χ4v) is 2.67. The Hall–Kier alpha value is -1.80. The van der Waals surface area contributed by atoms with Gasteiger partial charge in [-0.25, -0.2) is 0 Å². The van der Waals surface area contributed by atoms with Gasteiger partial charge in [-0.1, -0.05) is 23.4 Å². The fraction of sp³-hybridized carbons (Fsp3) is 0.200. The van der Waals surface area contributed by atoms with Gasteiger partial charge in [0.25, 0.3) is 0 Å². The topological polar surface area (TPSA) is 95.2 Å². The molecule has 3 N–H and O–H groups in total. The molecule has 23 heavy (non-hydrogen) atoms. The molecule has 6 nitrogen and oxygen atoms in total. The predicted molar refractivity (Wildman–Crippen MR) is 88.2 cm³/mol. The van der Waals surface area contributed by atoms with Gasteiger partial charge in [0.05, 0.1) is 5.75 Å². The minimum absolute atomic E-state index is 0.102. The van der Waals surface area contributed by atoms with Gasteiger partial charge in [-0.15, -0.1) is 5.10 Å². The third-order valence-corrected chi connectivity index (χ3v) is 4.44. The predicted octanol–water partition coefficient (Wildman–Crippen LogP) is 3.10. The van der Waals surface area contributed by atoms with Crippen molar-refractivity contribution in [3.8, 4) is 22.9 Å². The molecular weight excluding hydrogens is 338 g/mol. The van der Waals surface area contributed by atoms with Crippen LogP contribution in [0, 0.1) is 6.92 Å². The van der Waals surface area contributed by atoms with E-state index in [1.165, 1.54) is 0 Å². The number of nitrogens with one attached hydrogen (secondary N) is 1. The molecule has 120 valence electrons. The van der Waals surface area contributed by atoms with E-state index >= 15 is 0 Å². The second-order valence-electron chi connectivity index (χ2n) is 4.89. The van der Waals surface area contributed by atoms with E-state index in [2.05, 4.69) is 15.2 Å². The summed E-state index contributed by atoms with van der Waals surface area (Å²) in [6.45, 7) is 1.94. The molecule has 0 amide bonds. The molecule has 2 heterocycles. The molecule has 0 aliphatic heterocycles. The lowest BCUT2D eigenvalue weighted by Crippen LogP contribution is -2.07. The number of hydrogen-bond donors (Lipinski definition) is 3. The van der Waals surface area contributed by atoms with Gasteiger partial charge in [0.15, 0.2) is 17.9 Å². The highest BCUT2D eigenvalue weighted by molar-refractivity contribution is 7.99. The minimum Gasteiger partial charge on any atom is -0.453 e. The lowest BCUT2D eigenvalue weighted by molar-refractivity contribution is -0.0186. The number of aryl methyl sites for hydroxylation is 1. The summed E-state index contributed by atoms with van der Waals surface area (Å²) < 4.78 is 5.80. The first-order valence-corrected chi connectivity index (χ1v) is 8.17. The number of aliphatic hydroxyl groups excluding tert-OH is 1. The summed E-state index contributed by atoms with van der Waals surface area (Å²) in [5.41, 5.74) is 1.90. The lowest BCUT2D eigenvalue weighted by atomic mass is 10.1. The first-order valence-electron chi connectivity index (χ1n) is 6.81.